The zero-order valence-electron chi connectivity index (χ0n) is 21.9. The van der Waals surface area contributed by atoms with Crippen LogP contribution in [0.5, 0.6) is 0 Å². The molecule has 6 rings (SSSR count). The Bertz CT molecular complexity index is 1780. The molecular formula is C30H23ClF4N4OS. The monoisotopic (exact) mass is 598 g/mol. The Morgan fingerprint density at radius 1 is 1.05 bits per heavy atom. The summed E-state index contributed by atoms with van der Waals surface area (Å²) in [5.74, 6) is -0.366. The van der Waals surface area contributed by atoms with E-state index >= 15 is 0 Å². The van der Waals surface area contributed by atoms with Gasteiger partial charge in [-0.15, -0.1) is 11.3 Å². The zero-order chi connectivity index (χ0) is 29.1. The van der Waals surface area contributed by atoms with Crippen LogP contribution in [0.3, 0.4) is 0 Å². The number of nitrogens with zero attached hydrogens (tertiary/aromatic N) is 3. The van der Waals surface area contributed by atoms with E-state index in [0.29, 0.717) is 40.7 Å². The van der Waals surface area contributed by atoms with Gasteiger partial charge < -0.3 is 9.88 Å². The zero-order valence-corrected chi connectivity index (χ0v) is 23.5. The molecular weight excluding hydrogens is 576 g/mol. The number of nitrogens with one attached hydrogen (secondary N) is 1. The summed E-state index contributed by atoms with van der Waals surface area (Å²) in [5.41, 5.74) is 1.38. The quantitative estimate of drug-likeness (QED) is 0.211. The first-order valence-corrected chi connectivity index (χ1v) is 14.1. The molecule has 1 fully saturated rings. The van der Waals surface area contributed by atoms with Crippen LogP contribution in [0.4, 0.5) is 17.6 Å². The Morgan fingerprint density at radius 2 is 1.73 bits per heavy atom. The van der Waals surface area contributed by atoms with Gasteiger partial charge in [-0.05, 0) is 56.5 Å². The first-order valence-electron chi connectivity index (χ1n) is 12.9. The lowest BCUT2D eigenvalue weighted by Gasteiger charge is -2.33. The predicted molar refractivity (Wildman–Crippen MR) is 151 cm³/mol. The van der Waals surface area contributed by atoms with E-state index in [0.717, 1.165) is 17.2 Å². The van der Waals surface area contributed by atoms with Gasteiger partial charge in [0, 0.05) is 12.1 Å². The summed E-state index contributed by atoms with van der Waals surface area (Å²) in [6.45, 7) is 4.22. The summed E-state index contributed by atoms with van der Waals surface area (Å²) in [6.07, 6.45) is -3.42. The lowest BCUT2D eigenvalue weighted by molar-refractivity contribution is -0.137. The van der Waals surface area contributed by atoms with Crippen molar-refractivity contribution in [2.24, 2.45) is 0 Å². The van der Waals surface area contributed by atoms with E-state index < -0.39 is 28.1 Å². The number of fused-ring (bicyclic) bond motifs is 1. The highest BCUT2D eigenvalue weighted by atomic mass is 35.5. The number of aromatic amines is 1. The fraction of sp³-hybridized carbons (Fsp3) is 0.233. The maximum atomic E-state index is 14.2. The fourth-order valence-corrected chi connectivity index (χ4v) is 6.58. The van der Waals surface area contributed by atoms with Gasteiger partial charge in [-0.3, -0.25) is 4.79 Å². The van der Waals surface area contributed by atoms with Crippen LogP contribution in [0.1, 0.15) is 47.2 Å². The number of thiazole rings is 1. The SMILES string of the molecule is Cc1ccc(-c2nc(C(=O)N3CCCC3(C)c3nc4cc(Cl)c(C(F)(F)F)cc4[nH]3)c(-c3ccc(F)cc3)s2)cc1. The number of likely N-dealkylation sites (tertiary alicyclic amines) is 1. The number of benzene rings is 3. The number of hydrogen-bond acceptors (Lipinski definition) is 4. The molecule has 2 aromatic heterocycles. The van der Waals surface area contributed by atoms with Gasteiger partial charge >= 0.3 is 6.18 Å². The van der Waals surface area contributed by atoms with E-state index in [1.165, 1.54) is 29.5 Å². The highest BCUT2D eigenvalue weighted by molar-refractivity contribution is 7.18. The molecule has 0 spiro atoms. The van der Waals surface area contributed by atoms with Crippen molar-refractivity contribution in [2.45, 2.75) is 38.4 Å². The third-order valence-corrected chi connectivity index (χ3v) is 8.97. The van der Waals surface area contributed by atoms with Gasteiger partial charge in [0.05, 0.1) is 32.0 Å². The van der Waals surface area contributed by atoms with Crippen molar-refractivity contribution in [1.82, 2.24) is 19.9 Å². The number of halogens is 5. The fourth-order valence-electron chi connectivity index (χ4n) is 5.25. The van der Waals surface area contributed by atoms with E-state index in [1.807, 2.05) is 38.1 Å². The summed E-state index contributed by atoms with van der Waals surface area (Å²) in [5, 5.41) is 0.203. The molecule has 1 aliphatic rings. The molecule has 1 amide bonds. The van der Waals surface area contributed by atoms with Crippen molar-refractivity contribution in [3.8, 4) is 21.0 Å². The average molecular weight is 599 g/mol. The third-order valence-electron chi connectivity index (χ3n) is 7.51. The predicted octanol–water partition coefficient (Wildman–Crippen LogP) is 8.62. The van der Waals surface area contributed by atoms with Crippen LogP contribution in [0, 0.1) is 12.7 Å². The maximum absolute atomic E-state index is 14.2. The third kappa shape index (κ3) is 4.89. The molecule has 0 aliphatic carbocycles. The van der Waals surface area contributed by atoms with Crippen LogP contribution in [-0.2, 0) is 11.7 Å². The molecule has 1 unspecified atom stereocenters. The molecule has 11 heteroatoms. The minimum absolute atomic E-state index is 0.180. The molecule has 210 valence electrons. The van der Waals surface area contributed by atoms with Crippen LogP contribution in [0.2, 0.25) is 5.02 Å². The molecule has 5 nitrogen and oxygen atoms in total. The molecule has 1 atom stereocenters. The molecule has 41 heavy (non-hydrogen) atoms. The molecule has 1 N–H and O–H groups in total. The van der Waals surface area contributed by atoms with Crippen molar-refractivity contribution in [2.75, 3.05) is 6.54 Å². The molecule has 5 aromatic rings. The van der Waals surface area contributed by atoms with Crippen LogP contribution >= 0.6 is 22.9 Å². The summed E-state index contributed by atoms with van der Waals surface area (Å²) in [7, 11) is 0. The minimum Gasteiger partial charge on any atom is -0.340 e. The minimum atomic E-state index is -4.62. The average Bonchev–Trinajstić information content (AvgIpc) is 3.65. The smallest absolute Gasteiger partial charge is 0.340 e. The number of carbonyl (C=O) groups excluding carboxylic acids is 1. The number of rotatable bonds is 4. The van der Waals surface area contributed by atoms with Crippen molar-refractivity contribution < 1.29 is 22.4 Å². The van der Waals surface area contributed by atoms with E-state index in [-0.39, 0.29) is 22.6 Å². The largest absolute Gasteiger partial charge is 0.417 e. The van der Waals surface area contributed by atoms with Crippen molar-refractivity contribution >= 4 is 39.9 Å². The number of amides is 1. The van der Waals surface area contributed by atoms with E-state index in [2.05, 4.69) is 9.97 Å². The summed E-state index contributed by atoms with van der Waals surface area (Å²) >= 11 is 7.27. The van der Waals surface area contributed by atoms with Gasteiger partial charge in [0.2, 0.25) is 0 Å². The number of carbonyl (C=O) groups is 1. The molecule has 3 aromatic carbocycles. The number of H-pyrrole nitrogens is 1. The van der Waals surface area contributed by atoms with E-state index in [9.17, 15) is 22.4 Å². The summed E-state index contributed by atoms with van der Waals surface area (Å²) in [4.78, 5) is 28.9. The second-order valence-electron chi connectivity index (χ2n) is 10.3. The van der Waals surface area contributed by atoms with Crippen molar-refractivity contribution in [3.63, 3.8) is 0 Å². The number of aromatic nitrogens is 3. The van der Waals surface area contributed by atoms with Crippen LogP contribution in [0.15, 0.2) is 60.7 Å². The van der Waals surface area contributed by atoms with E-state index in [4.69, 9.17) is 16.6 Å². The molecule has 1 saturated heterocycles. The lowest BCUT2D eigenvalue weighted by Crippen LogP contribution is -2.44. The molecule has 3 heterocycles. The van der Waals surface area contributed by atoms with Gasteiger partial charge in [0.1, 0.15) is 22.3 Å². The molecule has 0 radical (unpaired) electrons. The Balaban J connectivity index is 1.43. The van der Waals surface area contributed by atoms with Crippen LogP contribution in [-0.4, -0.2) is 32.3 Å². The normalized spacial score (nSPS) is 17.5. The number of hydrogen-bond donors (Lipinski definition) is 1. The highest BCUT2D eigenvalue weighted by Gasteiger charge is 2.45. The molecule has 0 bridgehead atoms. The summed E-state index contributed by atoms with van der Waals surface area (Å²) in [6, 6.07) is 15.8. The Morgan fingerprint density at radius 3 is 2.41 bits per heavy atom. The summed E-state index contributed by atoms with van der Waals surface area (Å²) < 4.78 is 54.1. The Labute approximate surface area is 241 Å². The van der Waals surface area contributed by atoms with Gasteiger partial charge in [-0.2, -0.15) is 13.2 Å². The Hall–Kier alpha value is -3.76. The number of aryl methyl sites for hydroxylation is 1. The molecule has 0 saturated carbocycles. The maximum Gasteiger partial charge on any atom is 0.417 e. The first-order chi connectivity index (χ1) is 19.4. The second kappa shape index (κ2) is 9.95. The van der Waals surface area contributed by atoms with Gasteiger partial charge in [0.15, 0.2) is 0 Å². The van der Waals surface area contributed by atoms with Gasteiger partial charge in [0.25, 0.3) is 5.91 Å². The van der Waals surface area contributed by atoms with E-state index in [1.54, 1.807) is 17.0 Å². The lowest BCUT2D eigenvalue weighted by atomic mass is 9.97. The van der Waals surface area contributed by atoms with Crippen molar-refractivity contribution in [1.29, 1.82) is 0 Å². The van der Waals surface area contributed by atoms with Crippen LogP contribution in [0.25, 0.3) is 32.0 Å². The molecule has 1 aliphatic heterocycles. The first kappa shape index (κ1) is 27.4. The highest BCUT2D eigenvalue weighted by Crippen LogP contribution is 2.43. The van der Waals surface area contributed by atoms with Crippen molar-refractivity contribution in [3.05, 3.63) is 94.1 Å². The standard InChI is InChI=1S/C30H23ClF4N4OS/c1-16-4-6-18(7-5-16)26-38-24(25(41-26)17-8-10-19(32)11-9-17)27(40)39-13-3-12-29(39,2)28-36-22-14-20(30(33,34)35)21(31)15-23(22)37-28/h4-11,14-15H,3,12-13H2,1-2H3,(H,36,37). The number of alkyl halides is 3. The number of imidazole rings is 1. The van der Waals surface area contributed by atoms with Gasteiger partial charge in [-0.1, -0.05) is 53.6 Å². The topological polar surface area (TPSA) is 61.9 Å². The van der Waals surface area contributed by atoms with Gasteiger partial charge in [-0.25, -0.2) is 14.4 Å². The Kier molecular flexibility index (Phi) is 6.66. The second-order valence-corrected chi connectivity index (χ2v) is 11.7. The van der Waals surface area contributed by atoms with Crippen LogP contribution < -0.4 is 0 Å².